The largest absolute Gasteiger partial charge is 0.486 e. The van der Waals surface area contributed by atoms with Gasteiger partial charge in [-0.25, -0.2) is 0 Å². The average molecular weight is 224 g/mol. The molecular formula is C12H16O4. The third-order valence-corrected chi connectivity index (χ3v) is 1.95. The fraction of sp³-hybridized carbons (Fsp3) is 0.417. The van der Waals surface area contributed by atoms with Gasteiger partial charge in [-0.05, 0) is 12.8 Å². The molecule has 1 aromatic rings. The van der Waals surface area contributed by atoms with Crippen LogP contribution >= 0.6 is 0 Å². The summed E-state index contributed by atoms with van der Waals surface area (Å²) in [6.45, 7) is 2.22. The van der Waals surface area contributed by atoms with Crippen molar-refractivity contribution in [1.29, 1.82) is 0 Å². The van der Waals surface area contributed by atoms with Crippen LogP contribution in [0.25, 0.3) is 0 Å². The van der Waals surface area contributed by atoms with Crippen molar-refractivity contribution in [1.82, 2.24) is 0 Å². The molecule has 0 radical (unpaired) electrons. The number of allylic oxidation sites excluding steroid dienone is 1. The molecule has 88 valence electrons. The van der Waals surface area contributed by atoms with Crippen molar-refractivity contribution in [2.45, 2.75) is 26.4 Å². The second-order valence-corrected chi connectivity index (χ2v) is 3.25. The molecule has 1 heterocycles. The van der Waals surface area contributed by atoms with Crippen LogP contribution in [0.4, 0.5) is 0 Å². The molecule has 4 heteroatoms. The summed E-state index contributed by atoms with van der Waals surface area (Å²) in [6.07, 6.45) is 7.03. The van der Waals surface area contributed by atoms with Gasteiger partial charge in [-0.3, -0.25) is 4.79 Å². The molecule has 1 rings (SSSR count). The number of ether oxygens (including phenoxy) is 1. The lowest BCUT2D eigenvalue weighted by atomic mass is 10.3. The van der Waals surface area contributed by atoms with Gasteiger partial charge in [0, 0.05) is 6.07 Å². The summed E-state index contributed by atoms with van der Waals surface area (Å²) in [5.41, 5.74) is -0.269. The first-order valence-corrected chi connectivity index (χ1v) is 5.28. The lowest BCUT2D eigenvalue weighted by molar-refractivity contribution is 0.238. The van der Waals surface area contributed by atoms with Gasteiger partial charge < -0.3 is 14.3 Å². The summed E-state index contributed by atoms with van der Waals surface area (Å²) >= 11 is 0. The fourth-order valence-corrected chi connectivity index (χ4v) is 1.15. The van der Waals surface area contributed by atoms with Gasteiger partial charge in [-0.1, -0.05) is 19.1 Å². The number of aliphatic hydroxyl groups is 1. The van der Waals surface area contributed by atoms with E-state index in [1.807, 2.05) is 12.2 Å². The molecule has 0 fully saturated rings. The zero-order chi connectivity index (χ0) is 11.8. The van der Waals surface area contributed by atoms with Gasteiger partial charge in [0.05, 0.1) is 6.61 Å². The zero-order valence-corrected chi connectivity index (χ0v) is 9.31. The first-order chi connectivity index (χ1) is 7.77. The molecule has 0 aliphatic rings. The Bertz CT molecular complexity index is 392. The highest BCUT2D eigenvalue weighted by molar-refractivity contribution is 5.17. The van der Waals surface area contributed by atoms with Crippen LogP contribution in [0.1, 0.15) is 25.5 Å². The molecule has 0 saturated carbocycles. The van der Waals surface area contributed by atoms with Crippen LogP contribution < -0.4 is 10.2 Å². The Balaban J connectivity index is 2.48. The third kappa shape index (κ3) is 3.90. The standard InChI is InChI=1S/C12H16O4/c1-2-3-4-5-6-15-12-9-16-10(8-13)7-11(12)14/h3-4,7,9,13H,2,5-6,8H2,1H3. The third-order valence-electron chi connectivity index (χ3n) is 1.95. The van der Waals surface area contributed by atoms with Gasteiger partial charge in [0.15, 0.2) is 0 Å². The minimum atomic E-state index is -0.283. The monoisotopic (exact) mass is 224 g/mol. The SMILES string of the molecule is CCC=CCCOc1coc(CO)cc1=O. The second kappa shape index (κ2) is 6.85. The molecule has 0 aliphatic carbocycles. The summed E-state index contributed by atoms with van der Waals surface area (Å²) < 4.78 is 10.2. The van der Waals surface area contributed by atoms with E-state index in [1.54, 1.807) is 0 Å². The Labute approximate surface area is 94.2 Å². The maximum Gasteiger partial charge on any atom is 0.227 e. The summed E-state index contributed by atoms with van der Waals surface area (Å²) in [5.74, 6) is 0.422. The molecule has 0 unspecified atom stereocenters. The van der Waals surface area contributed by atoms with Crippen LogP contribution in [0.2, 0.25) is 0 Å². The lowest BCUT2D eigenvalue weighted by Crippen LogP contribution is -2.08. The van der Waals surface area contributed by atoms with E-state index >= 15 is 0 Å². The lowest BCUT2D eigenvalue weighted by Gasteiger charge is -2.03. The van der Waals surface area contributed by atoms with Crippen LogP contribution in [0, 0.1) is 0 Å². The highest BCUT2D eigenvalue weighted by Crippen LogP contribution is 2.06. The maximum atomic E-state index is 11.4. The van der Waals surface area contributed by atoms with Gasteiger partial charge in [0.1, 0.15) is 18.6 Å². The Hall–Kier alpha value is -1.55. The molecule has 0 bridgehead atoms. The molecule has 1 aromatic heterocycles. The van der Waals surface area contributed by atoms with Crippen molar-refractivity contribution in [3.8, 4) is 5.75 Å². The van der Waals surface area contributed by atoms with Gasteiger partial charge in [-0.15, -0.1) is 0 Å². The fourth-order valence-electron chi connectivity index (χ4n) is 1.15. The smallest absolute Gasteiger partial charge is 0.227 e. The van der Waals surface area contributed by atoms with Crippen molar-refractivity contribution >= 4 is 0 Å². The van der Waals surface area contributed by atoms with E-state index in [0.29, 0.717) is 6.61 Å². The molecule has 16 heavy (non-hydrogen) atoms. The van der Waals surface area contributed by atoms with Crippen LogP contribution in [-0.2, 0) is 6.61 Å². The number of hydrogen-bond acceptors (Lipinski definition) is 4. The molecule has 0 amide bonds. The van der Waals surface area contributed by atoms with Crippen molar-refractivity contribution < 1.29 is 14.3 Å². The van der Waals surface area contributed by atoms with Crippen molar-refractivity contribution in [2.75, 3.05) is 6.61 Å². The molecule has 0 aromatic carbocycles. The highest BCUT2D eigenvalue weighted by Gasteiger charge is 2.02. The summed E-state index contributed by atoms with van der Waals surface area (Å²) in [5, 5.41) is 8.74. The van der Waals surface area contributed by atoms with E-state index in [9.17, 15) is 4.79 Å². The van der Waals surface area contributed by atoms with Crippen molar-refractivity contribution in [3.63, 3.8) is 0 Å². The quantitative estimate of drug-likeness (QED) is 0.592. The second-order valence-electron chi connectivity index (χ2n) is 3.25. The minimum Gasteiger partial charge on any atom is -0.486 e. The molecular weight excluding hydrogens is 208 g/mol. The van der Waals surface area contributed by atoms with Gasteiger partial charge in [0.2, 0.25) is 11.2 Å². The predicted molar refractivity (Wildman–Crippen MR) is 60.4 cm³/mol. The van der Waals surface area contributed by atoms with Crippen LogP contribution in [0.5, 0.6) is 5.75 Å². The first-order valence-electron chi connectivity index (χ1n) is 5.28. The van der Waals surface area contributed by atoms with Crippen LogP contribution in [0.15, 0.2) is 33.7 Å². The molecule has 4 nitrogen and oxygen atoms in total. The Kier molecular flexibility index (Phi) is 5.36. The van der Waals surface area contributed by atoms with E-state index in [0.717, 1.165) is 12.8 Å². The Morgan fingerprint density at radius 2 is 2.31 bits per heavy atom. The van der Waals surface area contributed by atoms with Crippen LogP contribution in [-0.4, -0.2) is 11.7 Å². The van der Waals surface area contributed by atoms with Gasteiger partial charge >= 0.3 is 0 Å². The normalized spacial score (nSPS) is 10.9. The van der Waals surface area contributed by atoms with Crippen molar-refractivity contribution in [3.05, 3.63) is 40.5 Å². The summed E-state index contributed by atoms with van der Waals surface area (Å²) in [4.78, 5) is 11.4. The predicted octanol–water partition coefficient (Wildman–Crippen LogP) is 1.87. The topological polar surface area (TPSA) is 59.7 Å². The molecule has 1 N–H and O–H groups in total. The first kappa shape index (κ1) is 12.5. The molecule has 0 atom stereocenters. The average Bonchev–Trinajstić information content (AvgIpc) is 2.30. The Morgan fingerprint density at radius 3 is 2.94 bits per heavy atom. The van der Waals surface area contributed by atoms with Gasteiger partial charge in [-0.2, -0.15) is 0 Å². The Morgan fingerprint density at radius 1 is 1.50 bits per heavy atom. The van der Waals surface area contributed by atoms with Gasteiger partial charge in [0.25, 0.3) is 0 Å². The minimum absolute atomic E-state index is 0.182. The van der Waals surface area contributed by atoms with E-state index in [4.69, 9.17) is 14.3 Å². The molecule has 0 saturated heterocycles. The van der Waals surface area contributed by atoms with E-state index in [2.05, 4.69) is 6.92 Å². The van der Waals surface area contributed by atoms with E-state index < -0.39 is 0 Å². The number of hydrogen-bond donors (Lipinski definition) is 1. The van der Waals surface area contributed by atoms with E-state index in [-0.39, 0.29) is 23.5 Å². The number of aliphatic hydroxyl groups excluding tert-OH is 1. The molecule has 0 spiro atoms. The molecule has 0 aliphatic heterocycles. The number of rotatable bonds is 6. The summed E-state index contributed by atoms with van der Waals surface area (Å²) in [7, 11) is 0. The van der Waals surface area contributed by atoms with Crippen molar-refractivity contribution in [2.24, 2.45) is 0 Å². The maximum absolute atomic E-state index is 11.4. The zero-order valence-electron chi connectivity index (χ0n) is 9.31. The summed E-state index contributed by atoms with van der Waals surface area (Å²) in [6, 6.07) is 1.23. The van der Waals surface area contributed by atoms with E-state index in [1.165, 1.54) is 12.3 Å². The van der Waals surface area contributed by atoms with Crippen LogP contribution in [0.3, 0.4) is 0 Å². The highest BCUT2D eigenvalue weighted by atomic mass is 16.5.